The number of carbonyl (C=O) groups excluding carboxylic acids is 1. The standard InChI is InChI=1S/C17H26N2O3.ClH/c1-13-4-3-5-15(12-13)22-11-8-19(2)17(20)16(18)14-6-9-21-10-7-14;/h3-5,12,14,16H,6-11,18H2,1-2H3;1H. The molecule has 1 aromatic rings. The maximum absolute atomic E-state index is 12.3. The minimum absolute atomic E-state index is 0. The summed E-state index contributed by atoms with van der Waals surface area (Å²) in [5.74, 6) is 1.04. The predicted octanol–water partition coefficient (Wildman–Crippen LogP) is 2.01. The van der Waals surface area contributed by atoms with Crippen molar-refractivity contribution in [2.75, 3.05) is 33.4 Å². The number of rotatable bonds is 6. The van der Waals surface area contributed by atoms with Crippen LogP contribution in [0, 0.1) is 12.8 Å². The van der Waals surface area contributed by atoms with Gasteiger partial charge in [0.25, 0.3) is 0 Å². The van der Waals surface area contributed by atoms with Crippen LogP contribution in [0.3, 0.4) is 0 Å². The minimum Gasteiger partial charge on any atom is -0.492 e. The van der Waals surface area contributed by atoms with Crippen molar-refractivity contribution < 1.29 is 14.3 Å². The van der Waals surface area contributed by atoms with Gasteiger partial charge >= 0.3 is 0 Å². The van der Waals surface area contributed by atoms with Crippen molar-refractivity contribution in [1.29, 1.82) is 0 Å². The molecule has 1 unspecified atom stereocenters. The van der Waals surface area contributed by atoms with Crippen LogP contribution in [0.25, 0.3) is 0 Å². The Morgan fingerprint density at radius 1 is 1.43 bits per heavy atom. The molecule has 1 amide bonds. The second-order valence-electron chi connectivity index (χ2n) is 5.90. The number of nitrogens with zero attached hydrogens (tertiary/aromatic N) is 1. The lowest BCUT2D eigenvalue weighted by Gasteiger charge is -2.29. The monoisotopic (exact) mass is 342 g/mol. The Hall–Kier alpha value is -1.30. The molecule has 1 heterocycles. The van der Waals surface area contributed by atoms with Gasteiger partial charge in [-0.3, -0.25) is 4.79 Å². The van der Waals surface area contributed by atoms with Crippen molar-refractivity contribution in [3.8, 4) is 5.75 Å². The molecule has 0 bridgehead atoms. The smallest absolute Gasteiger partial charge is 0.239 e. The van der Waals surface area contributed by atoms with Crippen molar-refractivity contribution in [3.05, 3.63) is 29.8 Å². The fourth-order valence-electron chi connectivity index (χ4n) is 2.65. The number of halogens is 1. The van der Waals surface area contributed by atoms with E-state index >= 15 is 0 Å². The van der Waals surface area contributed by atoms with E-state index in [0.29, 0.717) is 26.4 Å². The van der Waals surface area contributed by atoms with Crippen LogP contribution in [0.1, 0.15) is 18.4 Å². The number of hydrogen-bond acceptors (Lipinski definition) is 4. The van der Waals surface area contributed by atoms with E-state index in [9.17, 15) is 4.79 Å². The number of benzene rings is 1. The zero-order valence-corrected chi connectivity index (χ0v) is 14.7. The van der Waals surface area contributed by atoms with E-state index in [0.717, 1.165) is 24.2 Å². The molecular weight excluding hydrogens is 316 g/mol. The summed E-state index contributed by atoms with van der Waals surface area (Å²) in [6.45, 7) is 4.42. The molecule has 1 aliphatic rings. The highest BCUT2D eigenvalue weighted by molar-refractivity contribution is 5.85. The summed E-state index contributed by atoms with van der Waals surface area (Å²) < 4.78 is 11.0. The van der Waals surface area contributed by atoms with Gasteiger partial charge in [-0.15, -0.1) is 12.4 Å². The molecule has 6 heteroatoms. The van der Waals surface area contributed by atoms with Gasteiger partial charge in [0.1, 0.15) is 12.4 Å². The maximum atomic E-state index is 12.3. The zero-order chi connectivity index (χ0) is 15.9. The summed E-state index contributed by atoms with van der Waals surface area (Å²) in [6, 6.07) is 7.45. The molecule has 1 fully saturated rings. The lowest BCUT2D eigenvalue weighted by atomic mass is 9.91. The molecule has 1 saturated heterocycles. The molecule has 2 N–H and O–H groups in total. The SMILES string of the molecule is Cc1cccc(OCCN(C)C(=O)C(N)C2CCOCC2)c1.Cl. The van der Waals surface area contributed by atoms with E-state index in [1.165, 1.54) is 0 Å². The second-order valence-corrected chi connectivity index (χ2v) is 5.90. The highest BCUT2D eigenvalue weighted by Gasteiger charge is 2.28. The minimum atomic E-state index is -0.437. The Bertz CT molecular complexity index is 492. The second kappa shape index (κ2) is 9.75. The topological polar surface area (TPSA) is 64.8 Å². The van der Waals surface area contributed by atoms with E-state index in [1.54, 1.807) is 11.9 Å². The molecule has 1 aliphatic heterocycles. The van der Waals surface area contributed by atoms with Gasteiger partial charge in [-0.1, -0.05) is 12.1 Å². The summed E-state index contributed by atoms with van der Waals surface area (Å²) in [5.41, 5.74) is 7.26. The Morgan fingerprint density at radius 2 is 2.13 bits per heavy atom. The van der Waals surface area contributed by atoms with Gasteiger partial charge in [0, 0.05) is 20.3 Å². The van der Waals surface area contributed by atoms with Crippen molar-refractivity contribution >= 4 is 18.3 Å². The molecule has 0 aliphatic carbocycles. The number of likely N-dealkylation sites (N-methyl/N-ethyl adjacent to an activating group) is 1. The van der Waals surface area contributed by atoms with Crippen molar-refractivity contribution in [3.63, 3.8) is 0 Å². The van der Waals surface area contributed by atoms with Crippen LogP contribution in [0.4, 0.5) is 0 Å². The summed E-state index contributed by atoms with van der Waals surface area (Å²) in [4.78, 5) is 14.0. The first-order chi connectivity index (χ1) is 10.6. The normalized spacial score (nSPS) is 16.3. The molecule has 1 aromatic carbocycles. The molecule has 0 radical (unpaired) electrons. The lowest BCUT2D eigenvalue weighted by Crippen LogP contribution is -2.48. The molecule has 2 rings (SSSR count). The Morgan fingerprint density at radius 3 is 2.78 bits per heavy atom. The Labute approximate surface area is 144 Å². The van der Waals surface area contributed by atoms with Gasteiger partial charge in [0.05, 0.1) is 12.6 Å². The van der Waals surface area contributed by atoms with Gasteiger partial charge in [0.2, 0.25) is 5.91 Å². The molecule has 130 valence electrons. The van der Waals surface area contributed by atoms with Gasteiger partial charge < -0.3 is 20.1 Å². The molecule has 5 nitrogen and oxygen atoms in total. The number of aryl methyl sites for hydroxylation is 1. The largest absolute Gasteiger partial charge is 0.492 e. The summed E-state index contributed by atoms with van der Waals surface area (Å²) in [5, 5.41) is 0. The number of amides is 1. The van der Waals surface area contributed by atoms with E-state index in [-0.39, 0.29) is 24.2 Å². The maximum Gasteiger partial charge on any atom is 0.239 e. The third-order valence-electron chi connectivity index (χ3n) is 4.12. The van der Waals surface area contributed by atoms with Crippen molar-refractivity contribution in [2.45, 2.75) is 25.8 Å². The van der Waals surface area contributed by atoms with Crippen molar-refractivity contribution in [2.24, 2.45) is 11.7 Å². The lowest BCUT2D eigenvalue weighted by molar-refractivity contribution is -0.133. The zero-order valence-electron chi connectivity index (χ0n) is 13.9. The number of carbonyl (C=O) groups is 1. The molecule has 0 saturated carbocycles. The van der Waals surface area contributed by atoms with Gasteiger partial charge in [-0.2, -0.15) is 0 Å². The molecule has 1 atom stereocenters. The van der Waals surface area contributed by atoms with Gasteiger partial charge in [0.15, 0.2) is 0 Å². The van der Waals surface area contributed by atoms with Crippen LogP contribution in [-0.4, -0.2) is 50.3 Å². The predicted molar refractivity (Wildman–Crippen MR) is 93.1 cm³/mol. The van der Waals surface area contributed by atoms with Gasteiger partial charge in [-0.25, -0.2) is 0 Å². The van der Waals surface area contributed by atoms with Crippen LogP contribution in [0.2, 0.25) is 0 Å². The third-order valence-corrected chi connectivity index (χ3v) is 4.12. The fourth-order valence-corrected chi connectivity index (χ4v) is 2.65. The van der Waals surface area contributed by atoms with Crippen LogP contribution >= 0.6 is 12.4 Å². The average molecular weight is 343 g/mol. The molecule has 0 aromatic heterocycles. The van der Waals surface area contributed by atoms with E-state index in [1.807, 2.05) is 31.2 Å². The van der Waals surface area contributed by atoms with E-state index in [4.69, 9.17) is 15.2 Å². The summed E-state index contributed by atoms with van der Waals surface area (Å²) >= 11 is 0. The fraction of sp³-hybridized carbons (Fsp3) is 0.588. The molecule has 23 heavy (non-hydrogen) atoms. The van der Waals surface area contributed by atoms with Crippen LogP contribution in [0.5, 0.6) is 5.75 Å². The quantitative estimate of drug-likeness (QED) is 0.859. The molecule has 0 spiro atoms. The first-order valence-corrected chi connectivity index (χ1v) is 7.85. The highest BCUT2D eigenvalue weighted by Crippen LogP contribution is 2.18. The van der Waals surface area contributed by atoms with Crippen LogP contribution in [0.15, 0.2) is 24.3 Å². The Balaban J connectivity index is 0.00000264. The van der Waals surface area contributed by atoms with Crippen molar-refractivity contribution in [1.82, 2.24) is 4.90 Å². The Kier molecular flexibility index (Phi) is 8.37. The van der Waals surface area contributed by atoms with Crippen LogP contribution < -0.4 is 10.5 Å². The summed E-state index contributed by atoms with van der Waals surface area (Å²) in [6.07, 6.45) is 1.72. The van der Waals surface area contributed by atoms with Crippen LogP contribution in [-0.2, 0) is 9.53 Å². The third kappa shape index (κ3) is 6.01. The first kappa shape index (κ1) is 19.7. The number of nitrogens with two attached hydrogens (primary N) is 1. The highest BCUT2D eigenvalue weighted by atomic mass is 35.5. The number of ether oxygens (including phenoxy) is 2. The molecular formula is C17H27ClN2O3. The number of hydrogen-bond donors (Lipinski definition) is 1. The summed E-state index contributed by atoms with van der Waals surface area (Å²) in [7, 11) is 1.78. The van der Waals surface area contributed by atoms with Gasteiger partial charge in [-0.05, 0) is 43.4 Å². The van der Waals surface area contributed by atoms with E-state index in [2.05, 4.69) is 0 Å². The first-order valence-electron chi connectivity index (χ1n) is 7.85. The average Bonchev–Trinajstić information content (AvgIpc) is 2.54. The van der Waals surface area contributed by atoms with E-state index < -0.39 is 6.04 Å².